The Morgan fingerprint density at radius 1 is 1.53 bits per heavy atom. The molecule has 0 aliphatic carbocycles. The van der Waals surface area contributed by atoms with Gasteiger partial charge in [0.25, 0.3) is 0 Å². The van der Waals surface area contributed by atoms with Crippen LogP contribution < -0.4 is 5.73 Å². The van der Waals surface area contributed by atoms with Crippen molar-refractivity contribution < 1.29 is 0 Å². The van der Waals surface area contributed by atoms with E-state index in [2.05, 4.69) is 4.98 Å². The van der Waals surface area contributed by atoms with Crippen LogP contribution in [0.5, 0.6) is 0 Å². The molecule has 0 saturated carbocycles. The number of rotatable bonds is 2. The molecule has 2 aromatic heterocycles. The largest absolute Gasteiger partial charge is 0.383 e. The van der Waals surface area contributed by atoms with Gasteiger partial charge in [-0.25, -0.2) is 4.98 Å². The molecule has 5 heteroatoms. The van der Waals surface area contributed by atoms with Gasteiger partial charge in [0.05, 0.1) is 15.6 Å². The normalized spacial score (nSPS) is 10.2. The molecule has 0 radical (unpaired) electrons. The zero-order valence-electron chi connectivity index (χ0n) is 7.70. The zero-order valence-corrected chi connectivity index (χ0v) is 9.27. The van der Waals surface area contributed by atoms with E-state index in [0.717, 1.165) is 4.88 Å². The van der Waals surface area contributed by atoms with Crippen LogP contribution in [0.2, 0.25) is 5.02 Å². The van der Waals surface area contributed by atoms with E-state index in [1.807, 2.05) is 17.5 Å². The second kappa shape index (κ2) is 4.00. The number of aromatic nitrogens is 1. The summed E-state index contributed by atoms with van der Waals surface area (Å²) in [5.74, 6) is 0.331. The fourth-order valence-electron chi connectivity index (χ4n) is 1.20. The second-order valence-electron chi connectivity index (χ2n) is 2.94. The summed E-state index contributed by atoms with van der Waals surface area (Å²) in [5, 5.41) is 10.4. The van der Waals surface area contributed by atoms with Gasteiger partial charge >= 0.3 is 0 Å². The molecule has 2 aromatic rings. The first-order chi connectivity index (χ1) is 7.18. The van der Waals surface area contributed by atoms with E-state index in [1.54, 1.807) is 6.07 Å². The van der Waals surface area contributed by atoms with E-state index in [1.165, 1.54) is 17.5 Å². The minimum Gasteiger partial charge on any atom is -0.383 e. The highest BCUT2D eigenvalue weighted by Gasteiger charge is 2.10. The van der Waals surface area contributed by atoms with Crippen molar-refractivity contribution >= 4 is 34.5 Å². The lowest BCUT2D eigenvalue weighted by atomic mass is 10.1. The van der Waals surface area contributed by atoms with Crippen molar-refractivity contribution in [1.82, 2.24) is 4.98 Å². The van der Waals surface area contributed by atoms with Gasteiger partial charge in [0.15, 0.2) is 0 Å². The number of nitrogens with two attached hydrogens (primary N) is 1. The molecule has 0 bridgehead atoms. The summed E-state index contributed by atoms with van der Waals surface area (Å²) in [6.45, 7) is 0. The highest BCUT2D eigenvalue weighted by atomic mass is 35.5. The van der Waals surface area contributed by atoms with Crippen LogP contribution in [0.25, 0.3) is 0 Å². The van der Waals surface area contributed by atoms with Crippen LogP contribution in [0.1, 0.15) is 10.4 Å². The Kier molecular flexibility index (Phi) is 2.70. The Bertz CT molecular complexity index is 493. The van der Waals surface area contributed by atoms with Gasteiger partial charge in [0.2, 0.25) is 0 Å². The number of nitrogen functional groups attached to an aromatic ring is 1. The quantitative estimate of drug-likeness (QED) is 0.789. The summed E-state index contributed by atoms with van der Waals surface area (Å²) in [6, 6.07) is 5.42. The lowest BCUT2D eigenvalue weighted by molar-refractivity contribution is 1.32. The zero-order chi connectivity index (χ0) is 10.8. The summed E-state index contributed by atoms with van der Waals surface area (Å²) < 4.78 is 0. The maximum Gasteiger partial charge on any atom is 0.132 e. The average molecular weight is 238 g/mol. The van der Waals surface area contributed by atoms with E-state index in [4.69, 9.17) is 22.7 Å². The molecule has 0 spiro atoms. The molecule has 3 N–H and O–H groups in total. The van der Waals surface area contributed by atoms with Gasteiger partial charge in [0.1, 0.15) is 5.82 Å². The van der Waals surface area contributed by atoms with Gasteiger partial charge in [-0.3, -0.25) is 5.41 Å². The number of nitrogens with one attached hydrogen (secondary N) is 1. The topological polar surface area (TPSA) is 62.8 Å². The molecule has 0 aliphatic heterocycles. The first kappa shape index (κ1) is 10.1. The molecule has 76 valence electrons. The summed E-state index contributed by atoms with van der Waals surface area (Å²) in [4.78, 5) is 4.77. The lowest BCUT2D eigenvalue weighted by Gasteiger charge is -2.04. The molecule has 2 heterocycles. The SMILES string of the molecule is N=C(c1cccs1)c1cc(Cl)cnc1N. The first-order valence-corrected chi connectivity index (χ1v) is 5.48. The Labute approximate surface area is 96.0 Å². The summed E-state index contributed by atoms with van der Waals surface area (Å²) in [6.07, 6.45) is 1.47. The number of pyridine rings is 1. The molecular formula is C10H8ClN3S. The molecule has 15 heavy (non-hydrogen) atoms. The molecular weight excluding hydrogens is 230 g/mol. The maximum absolute atomic E-state index is 7.96. The first-order valence-electron chi connectivity index (χ1n) is 4.22. The molecule has 2 rings (SSSR count). The number of hydrogen-bond acceptors (Lipinski definition) is 4. The minimum atomic E-state index is 0.331. The minimum absolute atomic E-state index is 0.331. The van der Waals surface area contributed by atoms with Gasteiger partial charge in [-0.05, 0) is 17.5 Å². The van der Waals surface area contributed by atoms with Crippen LogP contribution in [0, 0.1) is 5.41 Å². The van der Waals surface area contributed by atoms with Crippen LogP contribution >= 0.6 is 22.9 Å². The molecule has 0 atom stereocenters. The van der Waals surface area contributed by atoms with Crippen LogP contribution in [0.15, 0.2) is 29.8 Å². The molecule has 0 aromatic carbocycles. The van der Waals surface area contributed by atoms with Crippen molar-refractivity contribution in [2.45, 2.75) is 0 Å². The van der Waals surface area contributed by atoms with E-state index in [0.29, 0.717) is 22.1 Å². The van der Waals surface area contributed by atoms with Crippen molar-refractivity contribution in [1.29, 1.82) is 5.41 Å². The number of thiophene rings is 1. The van der Waals surface area contributed by atoms with Gasteiger partial charge < -0.3 is 5.73 Å². The predicted molar refractivity (Wildman–Crippen MR) is 63.9 cm³/mol. The van der Waals surface area contributed by atoms with Crippen molar-refractivity contribution in [3.05, 3.63) is 45.2 Å². The average Bonchev–Trinajstić information content (AvgIpc) is 2.74. The number of anilines is 1. The lowest BCUT2D eigenvalue weighted by Crippen LogP contribution is -2.05. The van der Waals surface area contributed by atoms with Gasteiger partial charge in [-0.1, -0.05) is 17.7 Å². The molecule has 0 aliphatic rings. The second-order valence-corrected chi connectivity index (χ2v) is 4.32. The third-order valence-corrected chi connectivity index (χ3v) is 3.02. The van der Waals surface area contributed by atoms with Crippen LogP contribution in [0.4, 0.5) is 5.82 Å². The molecule has 0 fully saturated rings. The fourth-order valence-corrected chi connectivity index (χ4v) is 2.05. The standard InChI is InChI=1S/C10H8ClN3S/c11-6-4-7(10(13)14-5-6)9(12)8-2-1-3-15-8/h1-5,12H,(H2,13,14). The molecule has 0 amide bonds. The van der Waals surface area contributed by atoms with Gasteiger partial charge in [-0.2, -0.15) is 0 Å². The Morgan fingerprint density at radius 2 is 2.33 bits per heavy atom. The Morgan fingerprint density at radius 3 is 3.00 bits per heavy atom. The predicted octanol–water partition coefficient (Wildman–Crippen LogP) is 2.79. The smallest absolute Gasteiger partial charge is 0.132 e. The Balaban J connectivity index is 2.46. The number of nitrogens with zero attached hydrogens (tertiary/aromatic N) is 1. The Hall–Kier alpha value is -1.39. The summed E-state index contributed by atoms with van der Waals surface area (Å²) >= 11 is 7.30. The van der Waals surface area contributed by atoms with Crippen LogP contribution in [-0.4, -0.2) is 10.7 Å². The fraction of sp³-hybridized carbons (Fsp3) is 0. The third-order valence-electron chi connectivity index (χ3n) is 1.92. The highest BCUT2D eigenvalue weighted by Crippen LogP contribution is 2.20. The maximum atomic E-state index is 7.96. The molecule has 3 nitrogen and oxygen atoms in total. The van der Waals surface area contributed by atoms with Crippen LogP contribution in [0.3, 0.4) is 0 Å². The van der Waals surface area contributed by atoms with Crippen LogP contribution in [-0.2, 0) is 0 Å². The summed E-state index contributed by atoms with van der Waals surface area (Å²) in [5.41, 5.74) is 6.62. The van der Waals surface area contributed by atoms with Crippen molar-refractivity contribution in [2.24, 2.45) is 0 Å². The summed E-state index contributed by atoms with van der Waals surface area (Å²) in [7, 11) is 0. The van der Waals surface area contributed by atoms with Crippen molar-refractivity contribution in [3.8, 4) is 0 Å². The van der Waals surface area contributed by atoms with E-state index in [-0.39, 0.29) is 0 Å². The van der Waals surface area contributed by atoms with E-state index >= 15 is 0 Å². The van der Waals surface area contributed by atoms with E-state index < -0.39 is 0 Å². The monoisotopic (exact) mass is 237 g/mol. The number of halogens is 1. The highest BCUT2D eigenvalue weighted by molar-refractivity contribution is 7.12. The van der Waals surface area contributed by atoms with Gasteiger partial charge in [0, 0.05) is 11.8 Å². The molecule has 0 unspecified atom stereocenters. The van der Waals surface area contributed by atoms with Gasteiger partial charge in [-0.15, -0.1) is 11.3 Å². The third kappa shape index (κ3) is 2.00. The van der Waals surface area contributed by atoms with Crippen molar-refractivity contribution in [3.63, 3.8) is 0 Å². The molecule has 0 saturated heterocycles. The van der Waals surface area contributed by atoms with Crippen molar-refractivity contribution in [2.75, 3.05) is 5.73 Å². The van der Waals surface area contributed by atoms with E-state index in [9.17, 15) is 0 Å². The number of hydrogen-bond donors (Lipinski definition) is 2.